The SMILES string of the molecule is CC[C@@H](C(=O)OC)[C@@H](C)N. The third-order valence-corrected chi connectivity index (χ3v) is 1.58. The molecular formula is C7H15NO2. The Bertz CT molecular complexity index is 112. The van der Waals surface area contributed by atoms with Crippen LogP contribution in [0.3, 0.4) is 0 Å². The summed E-state index contributed by atoms with van der Waals surface area (Å²) in [7, 11) is 1.38. The molecule has 0 spiro atoms. The summed E-state index contributed by atoms with van der Waals surface area (Å²) in [5, 5.41) is 0. The summed E-state index contributed by atoms with van der Waals surface area (Å²) in [4.78, 5) is 10.9. The molecule has 0 bridgehead atoms. The van der Waals surface area contributed by atoms with E-state index in [4.69, 9.17) is 5.73 Å². The number of hydrogen-bond donors (Lipinski definition) is 1. The monoisotopic (exact) mass is 145 g/mol. The van der Waals surface area contributed by atoms with Crippen LogP contribution in [-0.2, 0) is 9.53 Å². The van der Waals surface area contributed by atoms with Gasteiger partial charge in [0.1, 0.15) is 0 Å². The van der Waals surface area contributed by atoms with Gasteiger partial charge in [0.15, 0.2) is 0 Å². The first kappa shape index (κ1) is 9.43. The van der Waals surface area contributed by atoms with Gasteiger partial charge in [-0.05, 0) is 13.3 Å². The fourth-order valence-corrected chi connectivity index (χ4v) is 0.904. The lowest BCUT2D eigenvalue weighted by molar-refractivity contribution is -0.146. The number of methoxy groups -OCH3 is 1. The Labute approximate surface area is 61.5 Å². The van der Waals surface area contributed by atoms with Crippen molar-refractivity contribution in [1.82, 2.24) is 0 Å². The van der Waals surface area contributed by atoms with Crippen molar-refractivity contribution in [3.8, 4) is 0 Å². The topological polar surface area (TPSA) is 52.3 Å². The average Bonchev–Trinajstić information content (AvgIpc) is 1.88. The molecule has 0 aliphatic carbocycles. The molecule has 2 atom stereocenters. The Kier molecular flexibility index (Phi) is 4.03. The van der Waals surface area contributed by atoms with Gasteiger partial charge in [-0.15, -0.1) is 0 Å². The van der Waals surface area contributed by atoms with Crippen molar-refractivity contribution in [2.45, 2.75) is 26.3 Å². The van der Waals surface area contributed by atoms with Gasteiger partial charge in [-0.1, -0.05) is 6.92 Å². The van der Waals surface area contributed by atoms with Crippen LogP contribution >= 0.6 is 0 Å². The molecule has 0 fully saturated rings. The van der Waals surface area contributed by atoms with E-state index in [0.717, 1.165) is 6.42 Å². The van der Waals surface area contributed by atoms with E-state index in [-0.39, 0.29) is 17.9 Å². The molecule has 3 heteroatoms. The molecule has 0 saturated heterocycles. The highest BCUT2D eigenvalue weighted by molar-refractivity contribution is 5.72. The lowest BCUT2D eigenvalue weighted by atomic mass is 10.00. The minimum absolute atomic E-state index is 0.113. The highest BCUT2D eigenvalue weighted by Gasteiger charge is 2.20. The van der Waals surface area contributed by atoms with E-state index >= 15 is 0 Å². The number of nitrogens with two attached hydrogens (primary N) is 1. The fraction of sp³-hybridized carbons (Fsp3) is 0.857. The normalized spacial score (nSPS) is 16.0. The first-order valence-electron chi connectivity index (χ1n) is 3.46. The molecule has 0 aromatic heterocycles. The molecule has 2 N–H and O–H groups in total. The first-order chi connectivity index (χ1) is 4.63. The zero-order chi connectivity index (χ0) is 8.15. The molecule has 0 amide bonds. The molecular weight excluding hydrogens is 130 g/mol. The van der Waals surface area contributed by atoms with Crippen LogP contribution in [0, 0.1) is 5.92 Å². The fourth-order valence-electron chi connectivity index (χ4n) is 0.904. The Morgan fingerprint density at radius 3 is 2.30 bits per heavy atom. The molecule has 10 heavy (non-hydrogen) atoms. The lowest BCUT2D eigenvalue weighted by Gasteiger charge is -2.15. The van der Waals surface area contributed by atoms with Gasteiger partial charge in [0.05, 0.1) is 13.0 Å². The van der Waals surface area contributed by atoms with Crippen molar-refractivity contribution in [2.24, 2.45) is 11.7 Å². The number of esters is 1. The van der Waals surface area contributed by atoms with Crippen LogP contribution in [0.4, 0.5) is 0 Å². The van der Waals surface area contributed by atoms with Crippen LogP contribution in [0.15, 0.2) is 0 Å². The van der Waals surface area contributed by atoms with Gasteiger partial charge in [-0.2, -0.15) is 0 Å². The number of carbonyl (C=O) groups is 1. The molecule has 0 saturated carbocycles. The molecule has 0 heterocycles. The Balaban J connectivity index is 3.93. The van der Waals surface area contributed by atoms with E-state index in [1.54, 1.807) is 0 Å². The van der Waals surface area contributed by atoms with Crippen LogP contribution in [-0.4, -0.2) is 19.1 Å². The van der Waals surface area contributed by atoms with Gasteiger partial charge in [-0.25, -0.2) is 0 Å². The second kappa shape index (κ2) is 4.28. The van der Waals surface area contributed by atoms with Gasteiger partial charge in [0.25, 0.3) is 0 Å². The van der Waals surface area contributed by atoms with E-state index in [9.17, 15) is 4.79 Å². The molecule has 0 aliphatic heterocycles. The quantitative estimate of drug-likeness (QED) is 0.589. The zero-order valence-corrected chi connectivity index (χ0v) is 6.76. The van der Waals surface area contributed by atoms with E-state index in [1.165, 1.54) is 7.11 Å². The van der Waals surface area contributed by atoms with Gasteiger partial charge >= 0.3 is 5.97 Å². The van der Waals surface area contributed by atoms with Crippen molar-refractivity contribution < 1.29 is 9.53 Å². The Morgan fingerprint density at radius 2 is 2.20 bits per heavy atom. The molecule has 0 radical (unpaired) electrons. The molecule has 0 aliphatic rings. The summed E-state index contributed by atoms with van der Waals surface area (Å²) in [6.07, 6.45) is 0.740. The minimum Gasteiger partial charge on any atom is -0.469 e. The average molecular weight is 145 g/mol. The summed E-state index contributed by atoms with van der Waals surface area (Å²) in [5.74, 6) is -0.359. The van der Waals surface area contributed by atoms with Crippen molar-refractivity contribution in [3.63, 3.8) is 0 Å². The predicted octanol–water partition coefficient (Wildman–Crippen LogP) is 0.533. The van der Waals surface area contributed by atoms with E-state index in [2.05, 4.69) is 4.74 Å². The van der Waals surface area contributed by atoms with Crippen LogP contribution in [0.5, 0.6) is 0 Å². The summed E-state index contributed by atoms with van der Waals surface area (Å²) >= 11 is 0. The van der Waals surface area contributed by atoms with Crippen molar-refractivity contribution in [1.29, 1.82) is 0 Å². The lowest BCUT2D eigenvalue weighted by Crippen LogP contribution is -2.33. The molecule has 0 aromatic carbocycles. The maximum Gasteiger partial charge on any atom is 0.310 e. The standard InChI is InChI=1S/C7H15NO2/c1-4-6(5(2)8)7(9)10-3/h5-6H,4,8H2,1-3H3/t5-,6-/m1/s1. The summed E-state index contributed by atoms with van der Waals surface area (Å²) < 4.78 is 4.55. The van der Waals surface area contributed by atoms with Crippen molar-refractivity contribution >= 4 is 5.97 Å². The number of carbonyl (C=O) groups excluding carboxylic acids is 1. The number of ether oxygens (including phenoxy) is 1. The second-order valence-electron chi connectivity index (χ2n) is 2.40. The van der Waals surface area contributed by atoms with Crippen molar-refractivity contribution in [2.75, 3.05) is 7.11 Å². The van der Waals surface area contributed by atoms with Crippen LogP contribution in [0.1, 0.15) is 20.3 Å². The van der Waals surface area contributed by atoms with Crippen LogP contribution in [0.2, 0.25) is 0 Å². The third-order valence-electron chi connectivity index (χ3n) is 1.58. The van der Waals surface area contributed by atoms with Gasteiger partial charge < -0.3 is 10.5 Å². The minimum atomic E-state index is -0.211. The highest BCUT2D eigenvalue weighted by Crippen LogP contribution is 2.07. The second-order valence-corrected chi connectivity index (χ2v) is 2.40. The molecule has 3 nitrogen and oxygen atoms in total. The van der Waals surface area contributed by atoms with E-state index in [1.807, 2.05) is 13.8 Å². The maximum atomic E-state index is 10.9. The summed E-state index contributed by atoms with van der Waals surface area (Å²) in [6, 6.07) is -0.113. The Hall–Kier alpha value is -0.570. The predicted molar refractivity (Wildman–Crippen MR) is 39.4 cm³/mol. The highest BCUT2D eigenvalue weighted by atomic mass is 16.5. The Morgan fingerprint density at radius 1 is 1.70 bits per heavy atom. The van der Waals surface area contributed by atoms with E-state index < -0.39 is 0 Å². The zero-order valence-electron chi connectivity index (χ0n) is 6.76. The van der Waals surface area contributed by atoms with Crippen molar-refractivity contribution in [3.05, 3.63) is 0 Å². The molecule has 60 valence electrons. The van der Waals surface area contributed by atoms with Gasteiger partial charge in [0, 0.05) is 6.04 Å². The molecule has 0 unspecified atom stereocenters. The van der Waals surface area contributed by atoms with Gasteiger partial charge in [0.2, 0.25) is 0 Å². The summed E-state index contributed by atoms with van der Waals surface area (Å²) in [5.41, 5.74) is 5.52. The number of hydrogen-bond acceptors (Lipinski definition) is 3. The first-order valence-corrected chi connectivity index (χ1v) is 3.46. The number of rotatable bonds is 3. The van der Waals surface area contributed by atoms with Crippen LogP contribution < -0.4 is 5.73 Å². The third kappa shape index (κ3) is 2.35. The summed E-state index contributed by atoms with van der Waals surface area (Å²) in [6.45, 7) is 3.73. The molecule has 0 rings (SSSR count). The van der Waals surface area contributed by atoms with Crippen LogP contribution in [0.25, 0.3) is 0 Å². The smallest absolute Gasteiger partial charge is 0.310 e. The maximum absolute atomic E-state index is 10.9. The largest absolute Gasteiger partial charge is 0.469 e. The molecule has 0 aromatic rings. The van der Waals surface area contributed by atoms with E-state index in [0.29, 0.717) is 0 Å². The van der Waals surface area contributed by atoms with Gasteiger partial charge in [-0.3, -0.25) is 4.79 Å².